The van der Waals surface area contributed by atoms with Crippen LogP contribution in [0, 0.1) is 11.6 Å². The molecule has 0 saturated heterocycles. The monoisotopic (exact) mass is 756 g/mol. The number of carbonyl (C=O) groups excluding carboxylic acids is 1. The van der Waals surface area contributed by atoms with Gasteiger partial charge < -0.3 is 9.47 Å². The first kappa shape index (κ1) is 33.7. The number of imidazole rings is 1. The van der Waals surface area contributed by atoms with Crippen LogP contribution in [0.25, 0.3) is 33.3 Å². The van der Waals surface area contributed by atoms with Gasteiger partial charge >= 0.3 is 11.4 Å². The average Bonchev–Trinajstić information content (AvgIpc) is 3.66. The Kier molecular flexibility index (Phi) is 7.27. The van der Waals surface area contributed by atoms with Crippen molar-refractivity contribution in [3.05, 3.63) is 146 Å². The van der Waals surface area contributed by atoms with E-state index in [1.807, 2.05) is 48.7 Å². The summed E-state index contributed by atoms with van der Waals surface area (Å²) in [5.41, 5.74) is 2.66. The Balaban J connectivity index is 1.11. The molecule has 14 nitrogen and oxygen atoms in total. The lowest BCUT2D eigenvalue weighted by atomic mass is 9.98. The van der Waals surface area contributed by atoms with Gasteiger partial charge in [-0.25, -0.2) is 23.1 Å². The third-order valence-electron chi connectivity index (χ3n) is 11.5. The maximum atomic E-state index is 16.0. The number of hydrogen-bond donors (Lipinski definition) is 1. The van der Waals surface area contributed by atoms with Crippen molar-refractivity contribution >= 4 is 27.7 Å². The van der Waals surface area contributed by atoms with Crippen LogP contribution in [0.1, 0.15) is 71.9 Å². The minimum absolute atomic E-state index is 0.0564. The molecule has 0 radical (unpaired) electrons. The number of aromatic nitrogens is 9. The molecule has 1 N–H and O–H groups in total. The molecule has 0 bridgehead atoms. The summed E-state index contributed by atoms with van der Waals surface area (Å²) >= 11 is 0. The predicted molar refractivity (Wildman–Crippen MR) is 200 cm³/mol. The predicted octanol–water partition coefficient (Wildman–Crippen LogP) is 5.53. The molecule has 1 aliphatic heterocycles. The van der Waals surface area contributed by atoms with E-state index >= 15 is 4.39 Å². The van der Waals surface area contributed by atoms with Crippen molar-refractivity contribution < 1.29 is 18.1 Å². The maximum absolute atomic E-state index is 16.0. The fourth-order valence-corrected chi connectivity index (χ4v) is 8.47. The van der Waals surface area contributed by atoms with E-state index in [0.717, 1.165) is 16.5 Å². The lowest BCUT2D eigenvalue weighted by Crippen LogP contribution is -2.41. The lowest BCUT2D eigenvalue weighted by molar-refractivity contribution is 0.0664. The van der Waals surface area contributed by atoms with Crippen molar-refractivity contribution in [3.8, 4) is 11.5 Å². The molecule has 1 aliphatic carbocycles. The molecule has 8 aromatic rings. The van der Waals surface area contributed by atoms with Gasteiger partial charge in [0.2, 0.25) is 0 Å². The number of aromatic amines is 1. The number of H-pyrrole nitrogens is 1. The van der Waals surface area contributed by atoms with Gasteiger partial charge in [-0.05, 0) is 68.7 Å². The van der Waals surface area contributed by atoms with Gasteiger partial charge in [0.05, 0.1) is 40.6 Å². The van der Waals surface area contributed by atoms with Gasteiger partial charge in [-0.1, -0.05) is 35.5 Å². The van der Waals surface area contributed by atoms with Crippen molar-refractivity contribution in [3.63, 3.8) is 0 Å². The molecule has 1 amide bonds. The number of para-hydroxylation sites is 1. The Bertz CT molecular complexity index is 2990. The molecule has 3 aromatic carbocycles. The Morgan fingerprint density at radius 3 is 2.52 bits per heavy atom. The van der Waals surface area contributed by atoms with E-state index in [0.29, 0.717) is 59.9 Å². The highest BCUT2D eigenvalue weighted by atomic mass is 19.1. The number of nitrogens with one attached hydrogen (secondary N) is 1. The Hall–Kier alpha value is -6.84. The van der Waals surface area contributed by atoms with E-state index in [1.165, 1.54) is 33.7 Å². The maximum Gasteiger partial charge on any atom is 0.438 e. The number of fused-ring (bicyclic) bond motifs is 3. The quantitative estimate of drug-likeness (QED) is 0.225. The van der Waals surface area contributed by atoms with E-state index in [2.05, 4.69) is 15.2 Å². The molecule has 0 unspecified atom stereocenters. The molecule has 0 spiro atoms. The number of carbonyl (C=O) groups is 1. The van der Waals surface area contributed by atoms with Gasteiger partial charge in [0.25, 0.3) is 5.91 Å². The molecule has 10 rings (SSSR count). The summed E-state index contributed by atoms with van der Waals surface area (Å²) < 4.78 is 42.8. The second-order valence-electron chi connectivity index (χ2n) is 14.6. The molecular formula is C40H34F2N10O4. The van der Waals surface area contributed by atoms with Crippen molar-refractivity contribution in [1.29, 1.82) is 0 Å². The first-order valence-corrected chi connectivity index (χ1v) is 18.3. The number of nitrogens with zero attached hydrogens (tertiary/aromatic N) is 9. The Morgan fingerprint density at radius 1 is 1.00 bits per heavy atom. The zero-order valence-electron chi connectivity index (χ0n) is 30.5. The van der Waals surface area contributed by atoms with E-state index in [9.17, 15) is 18.8 Å². The van der Waals surface area contributed by atoms with E-state index in [-0.39, 0.29) is 22.8 Å². The number of aryl methyl sites for hydroxylation is 1. The average molecular weight is 757 g/mol. The normalized spacial score (nSPS) is 16.8. The van der Waals surface area contributed by atoms with Gasteiger partial charge in [0.1, 0.15) is 22.9 Å². The summed E-state index contributed by atoms with van der Waals surface area (Å²) in [6, 6.07) is 17.8. The number of halogens is 2. The summed E-state index contributed by atoms with van der Waals surface area (Å²) in [7, 11) is 1.72. The highest BCUT2D eigenvalue weighted by Crippen LogP contribution is 2.51. The minimum Gasteiger partial charge on any atom is -0.330 e. The van der Waals surface area contributed by atoms with E-state index in [4.69, 9.17) is 9.62 Å². The summed E-state index contributed by atoms with van der Waals surface area (Å²) in [4.78, 5) is 46.0. The zero-order chi connectivity index (χ0) is 38.6. The van der Waals surface area contributed by atoms with Crippen LogP contribution in [-0.4, -0.2) is 60.8 Å². The van der Waals surface area contributed by atoms with E-state index in [1.54, 1.807) is 51.8 Å². The SMILES string of the molecule is C[C@H]1c2c(nn([C@@H](C)c3ccc(F)cc3)c2-n2ccn(-c3ccc4c(cnn4C)c3F)c2=O)CCN1C(=O)c1cc2ccccc2n1C1(c2noc(=O)[nH]2)CC1. The topological polar surface area (TPSA) is 147 Å². The molecule has 1 fully saturated rings. The molecule has 282 valence electrons. The fourth-order valence-electron chi connectivity index (χ4n) is 8.47. The summed E-state index contributed by atoms with van der Waals surface area (Å²) in [6.07, 6.45) is 6.16. The molecule has 2 aliphatic rings. The molecule has 2 atom stereocenters. The van der Waals surface area contributed by atoms with Gasteiger partial charge in [0, 0.05) is 48.9 Å². The fraction of sp³-hybridized carbons (Fsp3) is 0.250. The van der Waals surface area contributed by atoms with Crippen LogP contribution in [0.3, 0.4) is 0 Å². The van der Waals surface area contributed by atoms with Gasteiger partial charge in [-0.2, -0.15) is 10.2 Å². The van der Waals surface area contributed by atoms with Crippen LogP contribution < -0.4 is 11.4 Å². The van der Waals surface area contributed by atoms with Crippen LogP contribution in [0.2, 0.25) is 0 Å². The van der Waals surface area contributed by atoms with Crippen LogP contribution in [0.15, 0.2) is 99.4 Å². The number of hydrogen-bond acceptors (Lipinski definition) is 7. The molecule has 56 heavy (non-hydrogen) atoms. The third kappa shape index (κ3) is 4.84. The minimum atomic E-state index is -0.768. The van der Waals surface area contributed by atoms with Crippen LogP contribution in [-0.2, 0) is 19.0 Å². The first-order valence-electron chi connectivity index (χ1n) is 18.3. The number of benzene rings is 3. The van der Waals surface area contributed by atoms with Gasteiger partial charge in [-0.15, -0.1) is 0 Å². The molecule has 1 saturated carbocycles. The highest BCUT2D eigenvalue weighted by Gasteiger charge is 2.52. The van der Waals surface area contributed by atoms with Gasteiger partial charge in [-0.3, -0.25) is 28.1 Å². The number of amides is 1. The molecule has 16 heteroatoms. The summed E-state index contributed by atoms with van der Waals surface area (Å²) in [5, 5.41) is 14.4. The molecular weight excluding hydrogens is 723 g/mol. The number of rotatable bonds is 7. The Morgan fingerprint density at radius 2 is 1.77 bits per heavy atom. The first-order chi connectivity index (χ1) is 27.1. The highest BCUT2D eigenvalue weighted by molar-refractivity contribution is 5.99. The van der Waals surface area contributed by atoms with E-state index < -0.39 is 34.9 Å². The summed E-state index contributed by atoms with van der Waals surface area (Å²) in [5.74, 6) is -1.13. The van der Waals surface area contributed by atoms with Crippen molar-refractivity contribution in [2.75, 3.05) is 6.54 Å². The smallest absolute Gasteiger partial charge is 0.330 e. The van der Waals surface area contributed by atoms with Crippen LogP contribution in [0.5, 0.6) is 0 Å². The van der Waals surface area contributed by atoms with Crippen molar-refractivity contribution in [1.82, 2.24) is 48.3 Å². The zero-order valence-corrected chi connectivity index (χ0v) is 30.5. The standard InChI is InChI=1S/C40H34F2N10O4/c1-22(24-8-10-26(41)11-9-24)52-35(50-19-18-49(39(50)55)31-13-12-30-27(34(31)42)21-43-47(30)3)33-23(2)48(17-14-28(33)45-52)36(53)32-20-25-6-4-5-7-29(25)51(32)40(15-16-40)37-44-38(54)56-46-37/h4-13,18-23H,14-17H2,1-3H3,(H,44,46,54)/t22-,23-/m0/s1. The second kappa shape index (κ2) is 12.1. The van der Waals surface area contributed by atoms with Crippen molar-refractivity contribution in [2.24, 2.45) is 7.05 Å². The summed E-state index contributed by atoms with van der Waals surface area (Å²) in [6.45, 7) is 4.14. The molecule has 6 heterocycles. The second-order valence-corrected chi connectivity index (χ2v) is 14.6. The van der Waals surface area contributed by atoms with Crippen LogP contribution >= 0.6 is 0 Å². The molecule has 5 aromatic heterocycles. The largest absolute Gasteiger partial charge is 0.438 e. The Labute approximate surface area is 315 Å². The van der Waals surface area contributed by atoms with Crippen molar-refractivity contribution in [2.45, 2.75) is 50.7 Å². The van der Waals surface area contributed by atoms with Gasteiger partial charge in [0.15, 0.2) is 11.6 Å². The third-order valence-corrected chi connectivity index (χ3v) is 11.5. The van der Waals surface area contributed by atoms with Crippen LogP contribution in [0.4, 0.5) is 8.78 Å². The lowest BCUT2D eigenvalue weighted by Gasteiger charge is -2.34.